The van der Waals surface area contributed by atoms with Crippen LogP contribution in [0.25, 0.3) is 66.4 Å². The van der Waals surface area contributed by atoms with Crippen molar-refractivity contribution in [1.82, 2.24) is 0 Å². The first kappa shape index (κ1) is 35.5. The molecule has 10 aromatic rings. The van der Waals surface area contributed by atoms with Crippen molar-refractivity contribution >= 4 is 39.0 Å². The fourth-order valence-corrected chi connectivity index (χ4v) is 10.8. The molecule has 61 heavy (non-hydrogen) atoms. The molecule has 0 aliphatic heterocycles. The molecule has 2 nitrogen and oxygen atoms in total. The highest BCUT2D eigenvalue weighted by atomic mass is 16.3. The van der Waals surface area contributed by atoms with Crippen molar-refractivity contribution in [2.24, 2.45) is 0 Å². The van der Waals surface area contributed by atoms with Crippen LogP contribution in [0.3, 0.4) is 0 Å². The van der Waals surface area contributed by atoms with E-state index < -0.39 is 0 Å². The quantitative estimate of drug-likeness (QED) is 0.167. The number of hydrogen-bond donors (Lipinski definition) is 0. The van der Waals surface area contributed by atoms with Crippen LogP contribution in [-0.4, -0.2) is 0 Å². The molecule has 0 radical (unpaired) electrons. The Balaban J connectivity index is 0.969. The van der Waals surface area contributed by atoms with Crippen molar-refractivity contribution in [1.29, 1.82) is 0 Å². The maximum atomic E-state index is 6.68. The van der Waals surface area contributed by atoms with Gasteiger partial charge in [-0.25, -0.2) is 0 Å². The summed E-state index contributed by atoms with van der Waals surface area (Å²) in [6, 6.07) is 75.5. The van der Waals surface area contributed by atoms with E-state index in [-0.39, 0.29) is 10.8 Å². The van der Waals surface area contributed by atoms with Gasteiger partial charge in [0.25, 0.3) is 0 Å². The fourth-order valence-electron chi connectivity index (χ4n) is 10.8. The van der Waals surface area contributed by atoms with Crippen LogP contribution in [0.1, 0.15) is 48.6 Å². The van der Waals surface area contributed by atoms with Gasteiger partial charge in [-0.05, 0) is 122 Å². The van der Waals surface area contributed by atoms with Crippen molar-refractivity contribution in [3.05, 3.63) is 234 Å². The normalized spacial score (nSPS) is 15.7. The van der Waals surface area contributed by atoms with Gasteiger partial charge in [-0.3, -0.25) is 0 Å². The molecule has 0 saturated carbocycles. The summed E-state index contributed by atoms with van der Waals surface area (Å²) in [7, 11) is 0. The van der Waals surface area contributed by atoms with Crippen LogP contribution < -0.4 is 4.90 Å². The van der Waals surface area contributed by atoms with Gasteiger partial charge in [0.2, 0.25) is 0 Å². The number of furan rings is 1. The largest absolute Gasteiger partial charge is 0.454 e. The zero-order valence-electron chi connectivity index (χ0n) is 34.5. The van der Waals surface area contributed by atoms with E-state index in [4.69, 9.17) is 4.42 Å². The van der Waals surface area contributed by atoms with E-state index in [9.17, 15) is 0 Å². The molecule has 1 atom stereocenters. The van der Waals surface area contributed by atoms with Gasteiger partial charge in [0.15, 0.2) is 5.58 Å². The van der Waals surface area contributed by atoms with E-state index in [0.717, 1.165) is 39.0 Å². The highest BCUT2D eigenvalue weighted by molar-refractivity contribution is 6.10. The number of anilines is 3. The highest BCUT2D eigenvalue weighted by Gasteiger charge is 2.41. The Morgan fingerprint density at radius 3 is 1.72 bits per heavy atom. The topological polar surface area (TPSA) is 16.4 Å². The lowest BCUT2D eigenvalue weighted by Crippen LogP contribution is -2.22. The third-order valence-electron chi connectivity index (χ3n) is 13.8. The van der Waals surface area contributed by atoms with Gasteiger partial charge < -0.3 is 9.32 Å². The minimum Gasteiger partial charge on any atom is -0.454 e. The zero-order chi connectivity index (χ0) is 40.9. The molecule has 9 aromatic carbocycles. The van der Waals surface area contributed by atoms with E-state index in [2.05, 4.69) is 226 Å². The summed E-state index contributed by atoms with van der Waals surface area (Å²) >= 11 is 0. The van der Waals surface area contributed by atoms with Crippen molar-refractivity contribution in [2.45, 2.75) is 31.6 Å². The van der Waals surface area contributed by atoms with E-state index in [1.54, 1.807) is 0 Å². The summed E-state index contributed by atoms with van der Waals surface area (Å²) < 4.78 is 6.68. The Labute approximate surface area is 357 Å². The highest BCUT2D eigenvalue weighted by Crippen LogP contribution is 2.54. The average Bonchev–Trinajstić information content (AvgIpc) is 3.91. The molecule has 0 amide bonds. The molecular weight excluding hydrogens is 739 g/mol. The molecule has 2 aliphatic carbocycles. The molecule has 2 heteroatoms. The first-order chi connectivity index (χ1) is 29.9. The number of nitrogens with zero attached hydrogens (tertiary/aromatic N) is 1. The van der Waals surface area contributed by atoms with Crippen molar-refractivity contribution < 1.29 is 4.42 Å². The SMILES string of the molecule is CC1(C)c2ccccc2-c2cccc(-c3ccc(N(c4ccc(-c5ccc6c(c5)C(C)(c5ccccc5)c5ccccc5-6)cc4)c4cccc5c4oc4ccccc45)cc3)c21. The van der Waals surface area contributed by atoms with Gasteiger partial charge in [-0.15, -0.1) is 0 Å². The summed E-state index contributed by atoms with van der Waals surface area (Å²) in [5.41, 5.74) is 21.5. The van der Waals surface area contributed by atoms with Gasteiger partial charge in [0.05, 0.1) is 5.69 Å². The van der Waals surface area contributed by atoms with Crippen molar-refractivity contribution in [2.75, 3.05) is 4.90 Å². The van der Waals surface area contributed by atoms with Crippen molar-refractivity contribution in [3.8, 4) is 44.5 Å². The van der Waals surface area contributed by atoms with Crippen LogP contribution in [-0.2, 0) is 10.8 Å². The predicted octanol–water partition coefficient (Wildman–Crippen LogP) is 16.0. The minimum atomic E-state index is -0.253. The lowest BCUT2D eigenvalue weighted by atomic mass is 9.74. The summed E-state index contributed by atoms with van der Waals surface area (Å²) in [4.78, 5) is 2.35. The van der Waals surface area contributed by atoms with Gasteiger partial charge in [-0.1, -0.05) is 178 Å². The van der Waals surface area contributed by atoms with E-state index in [1.165, 1.54) is 72.3 Å². The maximum absolute atomic E-state index is 6.68. The molecule has 0 N–H and O–H groups in total. The summed E-state index contributed by atoms with van der Waals surface area (Å²) in [5.74, 6) is 0. The molecule has 1 unspecified atom stereocenters. The Morgan fingerprint density at radius 2 is 0.951 bits per heavy atom. The lowest BCUT2D eigenvalue weighted by Gasteiger charge is -2.28. The van der Waals surface area contributed by atoms with Crippen molar-refractivity contribution in [3.63, 3.8) is 0 Å². The van der Waals surface area contributed by atoms with Gasteiger partial charge in [0, 0.05) is 33.0 Å². The Morgan fingerprint density at radius 1 is 0.393 bits per heavy atom. The number of para-hydroxylation sites is 2. The van der Waals surface area contributed by atoms with Crippen LogP contribution in [0.2, 0.25) is 0 Å². The first-order valence-electron chi connectivity index (χ1n) is 21.3. The molecule has 0 fully saturated rings. The monoisotopic (exact) mass is 781 g/mol. The molecule has 290 valence electrons. The van der Waals surface area contributed by atoms with Crippen LogP contribution in [0.4, 0.5) is 17.1 Å². The van der Waals surface area contributed by atoms with Gasteiger partial charge >= 0.3 is 0 Å². The third kappa shape index (κ3) is 5.22. The summed E-state index contributed by atoms with van der Waals surface area (Å²) in [6.45, 7) is 7.10. The van der Waals surface area contributed by atoms with Crippen LogP contribution in [0, 0.1) is 0 Å². The molecule has 0 spiro atoms. The van der Waals surface area contributed by atoms with E-state index >= 15 is 0 Å². The Bertz CT molecular complexity index is 3340. The molecule has 1 aromatic heterocycles. The van der Waals surface area contributed by atoms with Crippen LogP contribution in [0.5, 0.6) is 0 Å². The second kappa shape index (κ2) is 13.3. The van der Waals surface area contributed by atoms with Gasteiger partial charge in [0.1, 0.15) is 5.58 Å². The molecule has 1 heterocycles. The second-order valence-electron chi connectivity index (χ2n) is 17.4. The minimum absolute atomic E-state index is 0.102. The smallest absolute Gasteiger partial charge is 0.159 e. The zero-order valence-corrected chi connectivity index (χ0v) is 34.5. The number of rotatable bonds is 6. The predicted molar refractivity (Wildman–Crippen MR) is 254 cm³/mol. The molecule has 0 saturated heterocycles. The van der Waals surface area contributed by atoms with E-state index in [0.29, 0.717) is 0 Å². The van der Waals surface area contributed by atoms with Crippen LogP contribution in [0.15, 0.2) is 211 Å². The third-order valence-corrected chi connectivity index (χ3v) is 13.8. The van der Waals surface area contributed by atoms with E-state index in [1.807, 2.05) is 6.07 Å². The summed E-state index contributed by atoms with van der Waals surface area (Å²) in [5, 5.41) is 2.22. The number of hydrogen-bond acceptors (Lipinski definition) is 2. The average molecular weight is 782 g/mol. The first-order valence-corrected chi connectivity index (χ1v) is 21.3. The molecular formula is C59H43NO. The Kier molecular flexibility index (Phi) is 7.74. The number of fused-ring (bicyclic) bond motifs is 9. The van der Waals surface area contributed by atoms with Crippen LogP contribution >= 0.6 is 0 Å². The molecule has 0 bridgehead atoms. The summed E-state index contributed by atoms with van der Waals surface area (Å²) in [6.07, 6.45) is 0. The lowest BCUT2D eigenvalue weighted by molar-refractivity contribution is 0.662. The van der Waals surface area contributed by atoms with Gasteiger partial charge in [-0.2, -0.15) is 0 Å². The second-order valence-corrected chi connectivity index (χ2v) is 17.4. The molecule has 2 aliphatic rings. The number of benzene rings is 9. The molecule has 12 rings (SSSR count). The maximum Gasteiger partial charge on any atom is 0.159 e. The fraction of sp³-hybridized carbons (Fsp3) is 0.0847. The Hall–Kier alpha value is -7.42. The standard InChI is InChI=1S/C59H43NO/c1-58(2)51-23-10-7-18-46(51)49-21-13-20-44(56(49)58)39-29-34-43(35-30-39)60(54-25-14-22-50-48-19-9-12-26-55(48)61-57(50)54)42-32-27-38(28-33-42)40-31-36-47-45-17-8-11-24-52(45)59(3,53(47)37-40)41-15-5-4-6-16-41/h4-37H,1-3H3.